The zero-order valence-corrected chi connectivity index (χ0v) is 16.6. The lowest BCUT2D eigenvalue weighted by molar-refractivity contribution is -0.210. The second-order valence-corrected chi connectivity index (χ2v) is 7.36. The number of benzene rings is 1. The van der Waals surface area contributed by atoms with Crippen LogP contribution in [0.4, 0.5) is 0 Å². The summed E-state index contributed by atoms with van der Waals surface area (Å²) in [7, 11) is 0. The second kappa shape index (κ2) is 9.91. The second-order valence-electron chi connectivity index (χ2n) is 7.36. The van der Waals surface area contributed by atoms with E-state index in [1.54, 1.807) is 6.26 Å². The van der Waals surface area contributed by atoms with Gasteiger partial charge in [0.05, 0.1) is 32.6 Å². The maximum Gasteiger partial charge on any atom is 0.191 e. The smallest absolute Gasteiger partial charge is 0.191 e. The normalized spacial score (nSPS) is 21.4. The third-order valence-electron chi connectivity index (χ3n) is 5.17. The summed E-state index contributed by atoms with van der Waals surface area (Å²) in [5.41, 5.74) is 1.17. The molecule has 2 fully saturated rings. The van der Waals surface area contributed by atoms with Crippen LogP contribution < -0.4 is 10.6 Å². The van der Waals surface area contributed by atoms with Crippen LogP contribution >= 0.6 is 0 Å². The molecule has 3 heterocycles. The van der Waals surface area contributed by atoms with E-state index in [0.717, 1.165) is 37.5 Å². The highest BCUT2D eigenvalue weighted by molar-refractivity contribution is 5.79. The first-order valence-corrected chi connectivity index (χ1v) is 10.3. The minimum absolute atomic E-state index is 0.00176. The number of hydrogen-bond acceptors (Lipinski definition) is 5. The molecule has 4 rings (SSSR count). The Morgan fingerprint density at radius 3 is 2.72 bits per heavy atom. The number of aliphatic imine (C=N–C) groups is 1. The molecule has 1 unspecified atom stereocenters. The van der Waals surface area contributed by atoms with Gasteiger partial charge in [-0.2, -0.15) is 0 Å². The summed E-state index contributed by atoms with van der Waals surface area (Å²) in [6, 6.07) is 14.1. The summed E-state index contributed by atoms with van der Waals surface area (Å²) >= 11 is 0. The van der Waals surface area contributed by atoms with Crippen LogP contribution in [0, 0.1) is 0 Å². The molecule has 2 aromatic rings. The van der Waals surface area contributed by atoms with Gasteiger partial charge >= 0.3 is 0 Å². The molecule has 1 spiro atoms. The van der Waals surface area contributed by atoms with Crippen molar-refractivity contribution in [2.75, 3.05) is 32.9 Å². The molecule has 156 valence electrons. The van der Waals surface area contributed by atoms with Crippen molar-refractivity contribution in [1.82, 2.24) is 10.6 Å². The van der Waals surface area contributed by atoms with Crippen LogP contribution in [-0.2, 0) is 27.2 Å². The maximum absolute atomic E-state index is 6.20. The van der Waals surface area contributed by atoms with Crippen molar-refractivity contribution in [3.8, 4) is 0 Å². The molecule has 2 N–H and O–H groups in total. The van der Waals surface area contributed by atoms with Crippen LogP contribution in [0.2, 0.25) is 0 Å². The molecule has 0 radical (unpaired) electrons. The lowest BCUT2D eigenvalue weighted by Crippen LogP contribution is -2.43. The Labute approximate surface area is 171 Å². The molecule has 1 atom stereocenters. The summed E-state index contributed by atoms with van der Waals surface area (Å²) in [6.45, 7) is 3.96. The summed E-state index contributed by atoms with van der Waals surface area (Å²) in [5.74, 6) is 1.25. The van der Waals surface area contributed by atoms with Crippen molar-refractivity contribution in [3.63, 3.8) is 0 Å². The first-order chi connectivity index (χ1) is 14.3. The average Bonchev–Trinajstić information content (AvgIpc) is 3.41. The highest BCUT2D eigenvalue weighted by Gasteiger charge is 2.42. The lowest BCUT2D eigenvalue weighted by Gasteiger charge is -2.31. The molecule has 2 aliphatic rings. The Bertz CT molecular complexity index is 758. The van der Waals surface area contributed by atoms with Crippen LogP contribution in [0.3, 0.4) is 0 Å². The monoisotopic (exact) mass is 399 g/mol. The lowest BCUT2D eigenvalue weighted by atomic mass is 10.1. The van der Waals surface area contributed by atoms with Gasteiger partial charge in [0.25, 0.3) is 0 Å². The molecule has 7 heteroatoms. The molecule has 1 aromatic carbocycles. The zero-order valence-electron chi connectivity index (χ0n) is 16.6. The predicted molar refractivity (Wildman–Crippen MR) is 110 cm³/mol. The fraction of sp³-hybridized carbons (Fsp3) is 0.500. The predicted octanol–water partition coefficient (Wildman–Crippen LogP) is 2.48. The van der Waals surface area contributed by atoms with Crippen molar-refractivity contribution in [2.24, 2.45) is 4.99 Å². The number of guanidine groups is 1. The molecule has 1 aromatic heterocycles. The van der Waals surface area contributed by atoms with Gasteiger partial charge < -0.3 is 29.3 Å². The fourth-order valence-electron chi connectivity index (χ4n) is 3.56. The molecular weight excluding hydrogens is 370 g/mol. The maximum atomic E-state index is 6.20. The van der Waals surface area contributed by atoms with E-state index in [4.69, 9.17) is 23.6 Å². The molecule has 0 aliphatic carbocycles. The topological polar surface area (TPSA) is 77.3 Å². The van der Waals surface area contributed by atoms with Gasteiger partial charge in [0.2, 0.25) is 0 Å². The van der Waals surface area contributed by atoms with Gasteiger partial charge in [-0.05, 0) is 17.7 Å². The van der Waals surface area contributed by atoms with Crippen LogP contribution in [0.5, 0.6) is 0 Å². The first kappa shape index (κ1) is 19.9. The number of furan rings is 1. The molecule has 0 bridgehead atoms. The summed E-state index contributed by atoms with van der Waals surface area (Å²) in [5, 5.41) is 6.79. The Hall–Kier alpha value is -2.35. The van der Waals surface area contributed by atoms with Gasteiger partial charge in [-0.1, -0.05) is 30.3 Å². The molecule has 0 amide bonds. The van der Waals surface area contributed by atoms with E-state index in [-0.39, 0.29) is 6.10 Å². The van der Waals surface area contributed by atoms with Crippen molar-refractivity contribution in [1.29, 1.82) is 0 Å². The third kappa shape index (κ3) is 5.82. The summed E-state index contributed by atoms with van der Waals surface area (Å²) < 4.78 is 23.0. The minimum Gasteiger partial charge on any atom is -0.469 e. The molecule has 2 aliphatic heterocycles. The molecule has 2 saturated heterocycles. The van der Waals surface area contributed by atoms with E-state index in [2.05, 4.69) is 22.8 Å². The van der Waals surface area contributed by atoms with E-state index in [1.165, 1.54) is 5.56 Å². The number of nitrogens with one attached hydrogen (secondary N) is 2. The summed E-state index contributed by atoms with van der Waals surface area (Å²) in [6.07, 6.45) is 4.08. The standard InChI is InChI=1S/C22H29N3O4/c1-2-5-18(6-3-1)15-24-21(23-11-8-19-7-4-12-27-19)25-16-20-17-28-22(29-20)9-13-26-14-10-22/h1-7,12,20H,8-11,13-17H2,(H2,23,24,25). The third-order valence-corrected chi connectivity index (χ3v) is 5.17. The molecular formula is C22H29N3O4. The fourth-order valence-corrected chi connectivity index (χ4v) is 3.56. The number of hydrogen-bond donors (Lipinski definition) is 2. The number of rotatable bonds is 7. The van der Waals surface area contributed by atoms with Gasteiger partial charge in [-0.15, -0.1) is 0 Å². The van der Waals surface area contributed by atoms with E-state index < -0.39 is 5.79 Å². The highest BCUT2D eigenvalue weighted by atomic mass is 16.7. The molecule has 7 nitrogen and oxygen atoms in total. The zero-order chi connectivity index (χ0) is 19.8. The molecule has 29 heavy (non-hydrogen) atoms. The van der Waals surface area contributed by atoms with Crippen LogP contribution in [-0.4, -0.2) is 50.8 Å². The van der Waals surface area contributed by atoms with Gasteiger partial charge in [0.15, 0.2) is 11.7 Å². The number of ether oxygens (including phenoxy) is 3. The van der Waals surface area contributed by atoms with Gasteiger partial charge in [-0.25, -0.2) is 4.99 Å². The minimum atomic E-state index is -0.460. The Morgan fingerprint density at radius 1 is 1.07 bits per heavy atom. The Kier molecular flexibility index (Phi) is 6.82. The van der Waals surface area contributed by atoms with Crippen molar-refractivity contribution in [2.45, 2.75) is 37.7 Å². The average molecular weight is 399 g/mol. The Morgan fingerprint density at radius 2 is 1.93 bits per heavy atom. The van der Waals surface area contributed by atoms with E-state index in [0.29, 0.717) is 32.9 Å². The van der Waals surface area contributed by atoms with Crippen LogP contribution in [0.1, 0.15) is 24.2 Å². The first-order valence-electron chi connectivity index (χ1n) is 10.3. The quantitative estimate of drug-likeness (QED) is 0.550. The Balaban J connectivity index is 1.30. The van der Waals surface area contributed by atoms with Gasteiger partial charge in [-0.3, -0.25) is 0 Å². The van der Waals surface area contributed by atoms with E-state index in [1.807, 2.05) is 30.3 Å². The van der Waals surface area contributed by atoms with Crippen molar-refractivity contribution in [3.05, 3.63) is 60.1 Å². The highest BCUT2D eigenvalue weighted by Crippen LogP contribution is 2.32. The van der Waals surface area contributed by atoms with Crippen LogP contribution in [0.25, 0.3) is 0 Å². The van der Waals surface area contributed by atoms with Gasteiger partial charge in [0.1, 0.15) is 11.9 Å². The van der Waals surface area contributed by atoms with Crippen LogP contribution in [0.15, 0.2) is 58.1 Å². The largest absolute Gasteiger partial charge is 0.469 e. The SMILES string of the molecule is c1ccc(CN=C(NCCc2ccco2)NCC2COC3(CCOCC3)O2)cc1. The molecule has 0 saturated carbocycles. The van der Waals surface area contributed by atoms with Crippen molar-refractivity contribution < 1.29 is 18.6 Å². The van der Waals surface area contributed by atoms with E-state index >= 15 is 0 Å². The number of nitrogens with zero attached hydrogens (tertiary/aromatic N) is 1. The van der Waals surface area contributed by atoms with Crippen molar-refractivity contribution >= 4 is 5.96 Å². The summed E-state index contributed by atoms with van der Waals surface area (Å²) in [4.78, 5) is 4.73. The van der Waals surface area contributed by atoms with E-state index in [9.17, 15) is 0 Å². The van der Waals surface area contributed by atoms with Gasteiger partial charge in [0, 0.05) is 32.4 Å².